The minimum Gasteiger partial charge on any atom is -0.416 e. The van der Waals surface area contributed by atoms with Gasteiger partial charge in [0.25, 0.3) is 5.22 Å². The zero-order chi connectivity index (χ0) is 20.0. The highest BCUT2D eigenvalue weighted by Crippen LogP contribution is 2.24. The quantitative estimate of drug-likeness (QED) is 0.596. The molecular weight excluding hydrogens is 400 g/mol. The predicted molar refractivity (Wildman–Crippen MR) is 105 cm³/mol. The molecule has 1 aliphatic rings. The zero-order valence-corrected chi connectivity index (χ0v) is 16.8. The van der Waals surface area contributed by atoms with Crippen LogP contribution in [0.3, 0.4) is 0 Å². The lowest BCUT2D eigenvalue weighted by molar-refractivity contribution is -0.116. The molecule has 0 bridgehead atoms. The SMILES string of the molecule is N#CCCN(C(=O)CSc1nnc(CC2CCS(=O)(=O)C2)o1)c1ccccc1. The van der Waals surface area contributed by atoms with E-state index in [0.29, 0.717) is 25.3 Å². The standard InChI is InChI=1S/C18H20N4O4S2/c19-8-4-9-22(15-5-2-1-3-6-15)17(23)12-27-18-21-20-16(26-18)11-14-7-10-28(24,25)13-14/h1-3,5-6,14H,4,7,9-13H2. The van der Waals surface area contributed by atoms with E-state index in [4.69, 9.17) is 9.68 Å². The number of anilines is 1. The van der Waals surface area contributed by atoms with Gasteiger partial charge in [-0.1, -0.05) is 30.0 Å². The maximum Gasteiger partial charge on any atom is 0.277 e. The number of thioether (sulfide) groups is 1. The lowest BCUT2D eigenvalue weighted by Gasteiger charge is -2.21. The van der Waals surface area contributed by atoms with Crippen molar-refractivity contribution in [1.29, 1.82) is 5.26 Å². The third-order valence-electron chi connectivity index (χ3n) is 4.37. The van der Waals surface area contributed by atoms with Crippen molar-refractivity contribution in [2.75, 3.05) is 28.7 Å². The van der Waals surface area contributed by atoms with Crippen molar-refractivity contribution in [2.24, 2.45) is 5.92 Å². The molecule has 28 heavy (non-hydrogen) atoms. The average Bonchev–Trinajstić information content (AvgIpc) is 3.27. The van der Waals surface area contributed by atoms with E-state index in [-0.39, 0.29) is 40.7 Å². The fourth-order valence-corrected chi connectivity index (χ4v) is 5.55. The summed E-state index contributed by atoms with van der Waals surface area (Å²) in [5.41, 5.74) is 0.733. The van der Waals surface area contributed by atoms with E-state index < -0.39 is 9.84 Å². The average molecular weight is 421 g/mol. The number of para-hydroxylation sites is 1. The van der Waals surface area contributed by atoms with Crippen molar-refractivity contribution < 1.29 is 17.6 Å². The highest BCUT2D eigenvalue weighted by Gasteiger charge is 2.29. The fourth-order valence-electron chi connectivity index (χ4n) is 3.03. The molecule has 0 saturated carbocycles. The maximum atomic E-state index is 12.6. The first-order chi connectivity index (χ1) is 13.5. The number of carbonyl (C=O) groups is 1. The number of nitrogens with zero attached hydrogens (tertiary/aromatic N) is 4. The number of benzene rings is 1. The molecule has 0 radical (unpaired) electrons. The van der Waals surface area contributed by atoms with Gasteiger partial charge >= 0.3 is 0 Å². The topological polar surface area (TPSA) is 117 Å². The first kappa shape index (κ1) is 20.4. The number of sulfone groups is 1. The summed E-state index contributed by atoms with van der Waals surface area (Å²) in [6.45, 7) is 0.311. The van der Waals surface area contributed by atoms with Crippen molar-refractivity contribution in [2.45, 2.75) is 24.5 Å². The first-order valence-electron chi connectivity index (χ1n) is 8.85. The molecule has 2 aromatic rings. The van der Waals surface area contributed by atoms with E-state index in [1.807, 2.05) is 30.3 Å². The summed E-state index contributed by atoms with van der Waals surface area (Å²) in [6, 6.07) is 11.2. The summed E-state index contributed by atoms with van der Waals surface area (Å²) in [6.07, 6.45) is 1.27. The second kappa shape index (κ2) is 9.21. The Bertz CT molecular complexity index is 953. The summed E-state index contributed by atoms with van der Waals surface area (Å²) in [5.74, 6) is 0.694. The highest BCUT2D eigenvalue weighted by molar-refractivity contribution is 7.99. The third kappa shape index (κ3) is 5.56. The van der Waals surface area contributed by atoms with Crippen molar-refractivity contribution in [3.63, 3.8) is 0 Å². The van der Waals surface area contributed by atoms with Crippen LogP contribution in [0.1, 0.15) is 18.7 Å². The first-order valence-corrected chi connectivity index (χ1v) is 11.7. The monoisotopic (exact) mass is 420 g/mol. The molecule has 1 unspecified atom stereocenters. The smallest absolute Gasteiger partial charge is 0.277 e. The fraction of sp³-hybridized carbons (Fsp3) is 0.444. The Hall–Kier alpha value is -2.38. The second-order valence-electron chi connectivity index (χ2n) is 6.51. The molecule has 1 atom stereocenters. The molecule has 1 aliphatic heterocycles. The van der Waals surface area contributed by atoms with Gasteiger partial charge < -0.3 is 9.32 Å². The Morgan fingerprint density at radius 2 is 2.11 bits per heavy atom. The highest BCUT2D eigenvalue weighted by atomic mass is 32.2. The number of carbonyl (C=O) groups excluding carboxylic acids is 1. The molecule has 1 amide bonds. The predicted octanol–water partition coefficient (Wildman–Crippen LogP) is 2.09. The van der Waals surface area contributed by atoms with Crippen LogP contribution in [0.25, 0.3) is 0 Å². The van der Waals surface area contributed by atoms with Crippen LogP contribution in [0.4, 0.5) is 5.69 Å². The van der Waals surface area contributed by atoms with Gasteiger partial charge in [-0.2, -0.15) is 5.26 Å². The van der Waals surface area contributed by atoms with Gasteiger partial charge in [0.05, 0.1) is 29.7 Å². The minimum atomic E-state index is -2.94. The molecule has 1 saturated heterocycles. The van der Waals surface area contributed by atoms with E-state index in [0.717, 1.165) is 17.4 Å². The molecular formula is C18H20N4O4S2. The van der Waals surface area contributed by atoms with Crippen molar-refractivity contribution in [3.05, 3.63) is 36.2 Å². The molecule has 0 spiro atoms. The molecule has 8 nitrogen and oxygen atoms in total. The van der Waals surface area contributed by atoms with Crippen LogP contribution >= 0.6 is 11.8 Å². The molecule has 1 aromatic heterocycles. The van der Waals surface area contributed by atoms with Crippen molar-refractivity contribution in [3.8, 4) is 6.07 Å². The molecule has 148 valence electrons. The van der Waals surface area contributed by atoms with Gasteiger partial charge in [0.15, 0.2) is 9.84 Å². The molecule has 0 N–H and O–H groups in total. The van der Waals surface area contributed by atoms with Crippen LogP contribution in [0.5, 0.6) is 0 Å². The van der Waals surface area contributed by atoms with Crippen molar-refractivity contribution in [1.82, 2.24) is 10.2 Å². The van der Waals surface area contributed by atoms with Gasteiger partial charge in [-0.05, 0) is 24.5 Å². The Kier molecular flexibility index (Phi) is 6.70. The summed E-state index contributed by atoms with van der Waals surface area (Å²) < 4.78 is 28.6. The normalized spacial score (nSPS) is 17.9. The van der Waals surface area contributed by atoms with E-state index in [1.165, 1.54) is 0 Å². The van der Waals surface area contributed by atoms with Crippen LogP contribution in [-0.2, 0) is 21.1 Å². The lowest BCUT2D eigenvalue weighted by atomic mass is 10.1. The Balaban J connectivity index is 1.56. The number of rotatable bonds is 8. The Morgan fingerprint density at radius 3 is 2.79 bits per heavy atom. The zero-order valence-electron chi connectivity index (χ0n) is 15.2. The second-order valence-corrected chi connectivity index (χ2v) is 9.67. The lowest BCUT2D eigenvalue weighted by Crippen LogP contribution is -2.33. The summed E-state index contributed by atoms with van der Waals surface area (Å²) in [7, 11) is -2.94. The van der Waals surface area contributed by atoms with Crippen LogP contribution in [0.15, 0.2) is 40.0 Å². The van der Waals surface area contributed by atoms with E-state index >= 15 is 0 Å². The van der Waals surface area contributed by atoms with Gasteiger partial charge in [-0.15, -0.1) is 10.2 Å². The van der Waals surface area contributed by atoms with Crippen LogP contribution in [0.2, 0.25) is 0 Å². The van der Waals surface area contributed by atoms with Crippen LogP contribution < -0.4 is 4.90 Å². The summed E-state index contributed by atoms with van der Waals surface area (Å²) in [5, 5.41) is 17.0. The number of amides is 1. The van der Waals surface area contributed by atoms with Crippen LogP contribution in [0, 0.1) is 17.2 Å². The van der Waals surface area contributed by atoms with Gasteiger partial charge in [-0.25, -0.2) is 8.42 Å². The van der Waals surface area contributed by atoms with Crippen molar-refractivity contribution >= 4 is 33.2 Å². The Morgan fingerprint density at radius 1 is 1.32 bits per heavy atom. The molecule has 10 heteroatoms. The Labute approximate surface area is 167 Å². The minimum absolute atomic E-state index is 0.00415. The largest absolute Gasteiger partial charge is 0.416 e. The molecule has 2 heterocycles. The van der Waals surface area contributed by atoms with E-state index in [9.17, 15) is 13.2 Å². The van der Waals surface area contributed by atoms with E-state index in [2.05, 4.69) is 16.3 Å². The van der Waals surface area contributed by atoms with Gasteiger partial charge in [0.2, 0.25) is 11.8 Å². The number of nitriles is 1. The number of hydrogen-bond donors (Lipinski definition) is 0. The third-order valence-corrected chi connectivity index (χ3v) is 7.01. The maximum absolute atomic E-state index is 12.6. The molecule has 0 aliphatic carbocycles. The van der Waals surface area contributed by atoms with Gasteiger partial charge in [0, 0.05) is 18.7 Å². The van der Waals surface area contributed by atoms with Crippen LogP contribution in [-0.4, -0.2) is 48.3 Å². The number of hydrogen-bond acceptors (Lipinski definition) is 8. The van der Waals surface area contributed by atoms with Gasteiger partial charge in [-0.3, -0.25) is 4.79 Å². The molecule has 1 fully saturated rings. The molecule has 1 aromatic carbocycles. The summed E-state index contributed by atoms with van der Waals surface area (Å²) in [4.78, 5) is 14.2. The molecule has 3 rings (SSSR count). The summed E-state index contributed by atoms with van der Waals surface area (Å²) >= 11 is 1.13. The number of aromatic nitrogens is 2. The van der Waals surface area contributed by atoms with Gasteiger partial charge in [0.1, 0.15) is 0 Å². The van der Waals surface area contributed by atoms with E-state index in [1.54, 1.807) is 4.90 Å².